The fourth-order valence-corrected chi connectivity index (χ4v) is 2.82. The summed E-state index contributed by atoms with van der Waals surface area (Å²) < 4.78 is 19.8. The Morgan fingerprint density at radius 1 is 1.24 bits per heavy atom. The predicted molar refractivity (Wildman–Crippen MR) is 87.5 cm³/mol. The van der Waals surface area contributed by atoms with E-state index in [1.54, 1.807) is 19.2 Å². The van der Waals surface area contributed by atoms with Crippen molar-refractivity contribution in [2.75, 3.05) is 20.7 Å². The van der Waals surface area contributed by atoms with Crippen molar-refractivity contribution < 1.29 is 9.13 Å². The first-order valence-corrected chi connectivity index (χ1v) is 7.66. The summed E-state index contributed by atoms with van der Waals surface area (Å²) in [4.78, 5) is 0. The third-order valence-corrected chi connectivity index (χ3v) is 4.26. The van der Waals surface area contributed by atoms with Crippen LogP contribution in [0.4, 0.5) is 4.39 Å². The van der Waals surface area contributed by atoms with E-state index in [0.29, 0.717) is 0 Å². The Balaban J connectivity index is 2.28. The summed E-state index contributed by atoms with van der Waals surface area (Å²) in [6.45, 7) is 0.785. The molecule has 2 rings (SSSR count). The maximum atomic E-state index is 13.5. The highest BCUT2D eigenvalue weighted by atomic mass is 79.9. The number of likely N-dealkylation sites (N-methyl/N-ethyl adjacent to an activating group) is 1. The van der Waals surface area contributed by atoms with E-state index < -0.39 is 0 Å². The second kappa shape index (κ2) is 7.57. The van der Waals surface area contributed by atoms with Crippen LogP contribution in [0.2, 0.25) is 0 Å². The number of benzene rings is 2. The fraction of sp³-hybridized carbons (Fsp3) is 0.294. The standard InChI is InChI=1S/C17H19BrFNO/c1-20-11-14(12-4-3-5-15(19)9-12)8-13-10-16(21-2)6-7-17(13)18/h3-7,9-10,14,20H,8,11H2,1-2H3. The number of hydrogen-bond donors (Lipinski definition) is 1. The van der Waals surface area contributed by atoms with Gasteiger partial charge in [-0.25, -0.2) is 4.39 Å². The minimum atomic E-state index is -0.196. The molecule has 0 aliphatic heterocycles. The molecule has 0 aromatic heterocycles. The van der Waals surface area contributed by atoms with Gasteiger partial charge in [-0.2, -0.15) is 0 Å². The lowest BCUT2D eigenvalue weighted by molar-refractivity contribution is 0.414. The summed E-state index contributed by atoms with van der Waals surface area (Å²) in [5.41, 5.74) is 2.15. The molecule has 1 N–H and O–H groups in total. The molecule has 0 amide bonds. The van der Waals surface area contributed by atoms with Crippen molar-refractivity contribution in [2.24, 2.45) is 0 Å². The zero-order chi connectivity index (χ0) is 15.2. The lowest BCUT2D eigenvalue weighted by atomic mass is 9.91. The Morgan fingerprint density at radius 3 is 2.71 bits per heavy atom. The van der Waals surface area contributed by atoms with Crippen molar-refractivity contribution in [2.45, 2.75) is 12.3 Å². The molecule has 0 aliphatic rings. The molecule has 1 unspecified atom stereocenters. The highest BCUT2D eigenvalue weighted by Crippen LogP contribution is 2.28. The molecule has 2 aromatic carbocycles. The molecule has 0 saturated carbocycles. The highest BCUT2D eigenvalue weighted by Gasteiger charge is 2.14. The number of rotatable bonds is 6. The van der Waals surface area contributed by atoms with Crippen molar-refractivity contribution >= 4 is 15.9 Å². The number of nitrogens with one attached hydrogen (secondary N) is 1. The molecule has 21 heavy (non-hydrogen) atoms. The third-order valence-electron chi connectivity index (χ3n) is 3.49. The molecule has 0 heterocycles. The van der Waals surface area contributed by atoms with Crippen LogP contribution in [0.3, 0.4) is 0 Å². The Morgan fingerprint density at radius 2 is 2.05 bits per heavy atom. The van der Waals surface area contributed by atoms with Gasteiger partial charge in [0.15, 0.2) is 0 Å². The Hall–Kier alpha value is -1.39. The van der Waals surface area contributed by atoms with Gasteiger partial charge in [0.1, 0.15) is 11.6 Å². The molecule has 1 atom stereocenters. The van der Waals surface area contributed by atoms with Crippen molar-refractivity contribution in [1.82, 2.24) is 5.32 Å². The van der Waals surface area contributed by atoms with Crippen molar-refractivity contribution in [3.63, 3.8) is 0 Å². The van der Waals surface area contributed by atoms with Gasteiger partial charge in [0, 0.05) is 16.9 Å². The van der Waals surface area contributed by atoms with Crippen LogP contribution in [0.15, 0.2) is 46.9 Å². The Kier molecular flexibility index (Phi) is 5.76. The Bertz CT molecular complexity index is 603. The van der Waals surface area contributed by atoms with E-state index in [9.17, 15) is 4.39 Å². The maximum absolute atomic E-state index is 13.5. The summed E-state index contributed by atoms with van der Waals surface area (Å²) in [5, 5.41) is 3.19. The lowest BCUT2D eigenvalue weighted by Crippen LogP contribution is -2.19. The van der Waals surface area contributed by atoms with Gasteiger partial charge < -0.3 is 10.1 Å². The van der Waals surface area contributed by atoms with Crippen LogP contribution >= 0.6 is 15.9 Å². The van der Waals surface area contributed by atoms with E-state index in [1.165, 1.54) is 6.07 Å². The SMILES string of the molecule is CNCC(Cc1cc(OC)ccc1Br)c1cccc(F)c1. The van der Waals surface area contributed by atoms with Gasteiger partial charge in [0.2, 0.25) is 0 Å². The smallest absolute Gasteiger partial charge is 0.123 e. The van der Waals surface area contributed by atoms with Crippen molar-refractivity contribution in [1.29, 1.82) is 0 Å². The zero-order valence-electron chi connectivity index (χ0n) is 12.2. The maximum Gasteiger partial charge on any atom is 0.123 e. The van der Waals surface area contributed by atoms with Crippen LogP contribution in [-0.2, 0) is 6.42 Å². The number of halogens is 2. The largest absolute Gasteiger partial charge is 0.497 e. The van der Waals surface area contributed by atoms with Gasteiger partial charge in [-0.05, 0) is 54.9 Å². The monoisotopic (exact) mass is 351 g/mol. The molecule has 0 spiro atoms. The highest BCUT2D eigenvalue weighted by molar-refractivity contribution is 9.10. The lowest BCUT2D eigenvalue weighted by Gasteiger charge is -2.18. The fourth-order valence-electron chi connectivity index (χ4n) is 2.41. The normalized spacial score (nSPS) is 12.2. The number of methoxy groups -OCH3 is 1. The van der Waals surface area contributed by atoms with Crippen LogP contribution in [-0.4, -0.2) is 20.7 Å². The average Bonchev–Trinajstić information content (AvgIpc) is 2.49. The third kappa shape index (κ3) is 4.29. The second-order valence-electron chi connectivity index (χ2n) is 4.97. The Labute approximate surface area is 133 Å². The molecule has 0 fully saturated rings. The zero-order valence-corrected chi connectivity index (χ0v) is 13.8. The summed E-state index contributed by atoms with van der Waals surface area (Å²) in [6, 6.07) is 12.7. The second-order valence-corrected chi connectivity index (χ2v) is 5.83. The molecule has 0 radical (unpaired) electrons. The van der Waals surface area contributed by atoms with E-state index in [2.05, 4.69) is 21.2 Å². The molecule has 2 aromatic rings. The van der Waals surface area contributed by atoms with Gasteiger partial charge in [0.25, 0.3) is 0 Å². The topological polar surface area (TPSA) is 21.3 Å². The predicted octanol–water partition coefficient (Wildman–Crippen LogP) is 4.14. The van der Waals surface area contributed by atoms with Crippen LogP contribution in [0, 0.1) is 5.82 Å². The van der Waals surface area contributed by atoms with Gasteiger partial charge in [-0.1, -0.05) is 28.1 Å². The summed E-state index contributed by atoms with van der Waals surface area (Å²) in [5.74, 6) is 0.836. The molecular weight excluding hydrogens is 333 g/mol. The van der Waals surface area contributed by atoms with Gasteiger partial charge in [0.05, 0.1) is 7.11 Å². The van der Waals surface area contributed by atoms with Crippen LogP contribution in [0.5, 0.6) is 5.75 Å². The molecule has 0 aliphatic carbocycles. The summed E-state index contributed by atoms with van der Waals surface area (Å²) in [7, 11) is 3.57. The molecule has 4 heteroatoms. The minimum Gasteiger partial charge on any atom is -0.497 e. The number of hydrogen-bond acceptors (Lipinski definition) is 2. The van der Waals surface area contributed by atoms with E-state index in [0.717, 1.165) is 34.3 Å². The summed E-state index contributed by atoms with van der Waals surface area (Å²) in [6.07, 6.45) is 0.808. The first kappa shape index (κ1) is 16.0. The van der Waals surface area contributed by atoms with E-state index >= 15 is 0 Å². The van der Waals surface area contributed by atoms with Crippen LogP contribution in [0.25, 0.3) is 0 Å². The van der Waals surface area contributed by atoms with Gasteiger partial charge in [-0.3, -0.25) is 0 Å². The van der Waals surface area contributed by atoms with Crippen LogP contribution in [0.1, 0.15) is 17.0 Å². The van der Waals surface area contributed by atoms with Gasteiger partial charge >= 0.3 is 0 Å². The van der Waals surface area contributed by atoms with E-state index in [4.69, 9.17) is 4.74 Å². The molecular formula is C17H19BrFNO. The summed E-state index contributed by atoms with van der Waals surface area (Å²) >= 11 is 3.58. The van der Waals surface area contributed by atoms with Crippen LogP contribution < -0.4 is 10.1 Å². The number of ether oxygens (including phenoxy) is 1. The first-order valence-electron chi connectivity index (χ1n) is 6.86. The molecule has 2 nitrogen and oxygen atoms in total. The molecule has 112 valence electrons. The van der Waals surface area contributed by atoms with E-state index in [-0.39, 0.29) is 11.7 Å². The quantitative estimate of drug-likeness (QED) is 0.844. The minimum absolute atomic E-state index is 0.196. The molecule has 0 bridgehead atoms. The van der Waals surface area contributed by atoms with E-state index in [1.807, 2.05) is 31.3 Å². The van der Waals surface area contributed by atoms with Gasteiger partial charge in [-0.15, -0.1) is 0 Å². The first-order chi connectivity index (χ1) is 10.1. The van der Waals surface area contributed by atoms with Crippen molar-refractivity contribution in [3.8, 4) is 5.75 Å². The molecule has 0 saturated heterocycles. The average molecular weight is 352 g/mol. The van der Waals surface area contributed by atoms with Crippen molar-refractivity contribution in [3.05, 3.63) is 63.9 Å².